The molecule has 0 saturated carbocycles. The molecule has 0 fully saturated rings. The Kier molecular flexibility index (Phi) is 12.5. The second-order valence-electron chi connectivity index (χ2n) is 11.9. The molecule has 2 N–H and O–H groups in total. The van der Waals surface area contributed by atoms with Crippen LogP contribution in [0.4, 0.5) is 20.4 Å². The first-order valence-electron chi connectivity index (χ1n) is 16.3. The van der Waals surface area contributed by atoms with Gasteiger partial charge in [0.2, 0.25) is 0 Å². The maximum Gasteiger partial charge on any atom is 0.179 e. The third kappa shape index (κ3) is 10.1. The number of hydrogen-bond donors (Lipinski definition) is 2. The van der Waals surface area contributed by atoms with Gasteiger partial charge in [-0.05, 0) is 85.6 Å². The van der Waals surface area contributed by atoms with E-state index < -0.39 is 20.6 Å². The molecular formula is C39H38F2N6O3S2. The van der Waals surface area contributed by atoms with E-state index >= 15 is 0 Å². The fourth-order valence-corrected chi connectivity index (χ4v) is 6.42. The van der Waals surface area contributed by atoms with Crippen molar-refractivity contribution in [2.45, 2.75) is 42.6 Å². The summed E-state index contributed by atoms with van der Waals surface area (Å²) in [6, 6.07) is 23.6. The molecule has 1 unspecified atom stereocenters. The number of aromatic nitrogens is 4. The number of sulfone groups is 1. The molecule has 0 saturated heterocycles. The first-order valence-corrected chi connectivity index (χ1v) is 19.6. The van der Waals surface area contributed by atoms with Crippen molar-refractivity contribution in [2.75, 3.05) is 22.6 Å². The van der Waals surface area contributed by atoms with E-state index in [2.05, 4.69) is 30.6 Å². The van der Waals surface area contributed by atoms with E-state index in [0.717, 1.165) is 33.6 Å². The lowest BCUT2D eigenvalue weighted by atomic mass is 10.1. The van der Waals surface area contributed by atoms with Crippen LogP contribution in [0.2, 0.25) is 0 Å². The van der Waals surface area contributed by atoms with Crippen molar-refractivity contribution < 1.29 is 21.4 Å². The lowest BCUT2D eigenvalue weighted by Crippen LogP contribution is -2.07. The van der Waals surface area contributed by atoms with Crippen LogP contribution in [0.15, 0.2) is 132 Å². The number of anilines is 2. The van der Waals surface area contributed by atoms with Gasteiger partial charge in [-0.15, -0.1) is 0 Å². The summed E-state index contributed by atoms with van der Waals surface area (Å²) in [7, 11) is -4.38. The first-order chi connectivity index (χ1) is 24.9. The normalized spacial score (nSPS) is 12.9. The standard InChI is InChI=1S/C20H20FN3O2S.C19H18FN3OS/c1-3-27(25,26)19-10-17(11-22-13-19)16-6-9-20(23-12-16)24-14(2)15-4-7-18(21)8-5-15;1-13(14-3-6-17(20)7-4-14)23-19-8-5-15(11-22-19)16-9-18(25(2)24)12-21-10-16/h4-14H,3H2,1-2H3,(H,23,24);3-13H,1-2H3,(H,22,23)/t14-;13-,25?/m11/s1. The minimum absolute atomic E-state index is 0.00598. The minimum Gasteiger partial charge on any atom is -0.364 e. The Bertz CT molecular complexity index is 2220. The van der Waals surface area contributed by atoms with E-state index in [1.54, 1.807) is 74.5 Å². The van der Waals surface area contributed by atoms with E-state index in [9.17, 15) is 21.4 Å². The molecule has 6 aromatic rings. The average molecular weight is 741 g/mol. The first kappa shape index (κ1) is 37.8. The number of halogens is 2. The highest BCUT2D eigenvalue weighted by Gasteiger charge is 2.14. The number of rotatable bonds is 11. The Balaban J connectivity index is 0.000000202. The van der Waals surface area contributed by atoms with Crippen molar-refractivity contribution in [1.29, 1.82) is 0 Å². The summed E-state index contributed by atoms with van der Waals surface area (Å²) in [5.74, 6) is 0.904. The summed E-state index contributed by atoms with van der Waals surface area (Å²) in [6.07, 6.45) is 11.3. The van der Waals surface area contributed by atoms with E-state index in [-0.39, 0.29) is 34.4 Å². The van der Waals surface area contributed by atoms with E-state index in [4.69, 9.17) is 0 Å². The second-order valence-corrected chi connectivity index (χ2v) is 15.5. The number of nitrogens with zero attached hydrogens (tertiary/aromatic N) is 4. The Hall–Kier alpha value is -5.40. The van der Waals surface area contributed by atoms with Crippen molar-refractivity contribution in [3.8, 4) is 22.3 Å². The molecule has 9 nitrogen and oxygen atoms in total. The van der Waals surface area contributed by atoms with Crippen LogP contribution in [0.5, 0.6) is 0 Å². The average Bonchev–Trinajstić information content (AvgIpc) is 3.16. The van der Waals surface area contributed by atoms with Gasteiger partial charge in [-0.1, -0.05) is 31.2 Å². The molecule has 2 aromatic carbocycles. The van der Waals surface area contributed by atoms with Gasteiger partial charge in [-0.2, -0.15) is 0 Å². The van der Waals surface area contributed by atoms with Gasteiger partial charge in [0.15, 0.2) is 9.84 Å². The van der Waals surface area contributed by atoms with Crippen molar-refractivity contribution in [1.82, 2.24) is 19.9 Å². The highest BCUT2D eigenvalue weighted by Crippen LogP contribution is 2.25. The molecule has 0 radical (unpaired) electrons. The number of hydrogen-bond acceptors (Lipinski definition) is 9. The molecule has 0 aliphatic heterocycles. The third-order valence-electron chi connectivity index (χ3n) is 8.16. The molecule has 0 amide bonds. The minimum atomic E-state index is -3.31. The van der Waals surface area contributed by atoms with Crippen molar-refractivity contribution in [3.63, 3.8) is 0 Å². The van der Waals surface area contributed by atoms with Crippen molar-refractivity contribution in [3.05, 3.63) is 145 Å². The molecule has 4 heterocycles. The lowest BCUT2D eigenvalue weighted by molar-refractivity contribution is 0.597. The van der Waals surface area contributed by atoms with Crippen LogP contribution < -0.4 is 10.6 Å². The predicted octanol–water partition coefficient (Wildman–Crippen LogP) is 8.44. The van der Waals surface area contributed by atoms with Crippen LogP contribution in [0.1, 0.15) is 44.0 Å². The van der Waals surface area contributed by atoms with Crippen LogP contribution in [-0.4, -0.2) is 44.6 Å². The summed E-state index contributed by atoms with van der Waals surface area (Å²) in [6.45, 7) is 5.56. The fourth-order valence-electron chi connectivity index (χ4n) is 5.06. The quantitative estimate of drug-likeness (QED) is 0.135. The molecule has 0 aliphatic rings. The molecule has 6 rings (SSSR count). The van der Waals surface area contributed by atoms with Crippen LogP contribution >= 0.6 is 0 Å². The summed E-state index contributed by atoms with van der Waals surface area (Å²) >= 11 is 0. The molecule has 13 heteroatoms. The largest absolute Gasteiger partial charge is 0.364 e. The van der Waals surface area contributed by atoms with Crippen molar-refractivity contribution >= 4 is 32.3 Å². The smallest absolute Gasteiger partial charge is 0.179 e. The number of pyridine rings is 4. The summed E-state index contributed by atoms with van der Waals surface area (Å²) in [5.41, 5.74) is 5.17. The SMILES string of the molecule is CCS(=O)(=O)c1cncc(-c2ccc(N[C@H](C)c3ccc(F)cc3)nc2)c1.C[C@@H](Nc1ccc(-c2cncc(S(C)=O)c2)cn1)c1ccc(F)cc1. The molecule has 0 spiro atoms. The topological polar surface area (TPSA) is 127 Å². The van der Waals surface area contributed by atoms with Crippen molar-refractivity contribution in [2.24, 2.45) is 0 Å². The van der Waals surface area contributed by atoms with Crippen LogP contribution in [0, 0.1) is 11.6 Å². The zero-order valence-electron chi connectivity index (χ0n) is 29.0. The van der Waals surface area contributed by atoms with Gasteiger partial charge < -0.3 is 10.6 Å². The maximum atomic E-state index is 13.0. The molecule has 4 aromatic heterocycles. The lowest BCUT2D eigenvalue weighted by Gasteiger charge is -2.15. The van der Waals surface area contributed by atoms with Gasteiger partial charge in [0.25, 0.3) is 0 Å². The predicted molar refractivity (Wildman–Crippen MR) is 202 cm³/mol. The highest BCUT2D eigenvalue weighted by atomic mass is 32.2. The highest BCUT2D eigenvalue weighted by molar-refractivity contribution is 7.91. The van der Waals surface area contributed by atoms with Gasteiger partial charge in [-0.25, -0.2) is 27.2 Å². The summed E-state index contributed by atoms with van der Waals surface area (Å²) in [5, 5.41) is 6.54. The zero-order valence-corrected chi connectivity index (χ0v) is 30.6. The van der Waals surface area contributed by atoms with Gasteiger partial charge in [-0.3, -0.25) is 14.2 Å². The molecule has 268 valence electrons. The van der Waals surface area contributed by atoms with Crippen LogP contribution in [-0.2, 0) is 20.6 Å². The third-order valence-corrected chi connectivity index (χ3v) is 10.7. The molecule has 0 aliphatic carbocycles. The Morgan fingerprint density at radius 1 is 0.635 bits per heavy atom. The maximum absolute atomic E-state index is 13.0. The van der Waals surface area contributed by atoms with Crippen LogP contribution in [0.25, 0.3) is 22.3 Å². The number of nitrogens with one attached hydrogen (secondary N) is 2. The van der Waals surface area contributed by atoms with Gasteiger partial charge >= 0.3 is 0 Å². The van der Waals surface area contributed by atoms with E-state index in [0.29, 0.717) is 16.3 Å². The van der Waals surface area contributed by atoms with E-state index in [1.807, 2.05) is 44.2 Å². The fraction of sp³-hybridized carbons (Fsp3) is 0.179. The number of benzene rings is 2. The van der Waals surface area contributed by atoms with Gasteiger partial charge in [0.05, 0.1) is 26.3 Å². The monoisotopic (exact) mass is 740 g/mol. The molecule has 3 atom stereocenters. The summed E-state index contributed by atoms with van der Waals surface area (Å²) < 4.78 is 61.7. The Morgan fingerprint density at radius 3 is 1.52 bits per heavy atom. The Morgan fingerprint density at radius 2 is 1.10 bits per heavy atom. The molecule has 0 bridgehead atoms. The second kappa shape index (κ2) is 17.2. The van der Waals surface area contributed by atoms with Crippen LogP contribution in [0.3, 0.4) is 0 Å². The molecular weight excluding hydrogens is 703 g/mol. The zero-order chi connectivity index (χ0) is 37.3. The summed E-state index contributed by atoms with van der Waals surface area (Å²) in [4.78, 5) is 17.9. The van der Waals surface area contributed by atoms with E-state index in [1.165, 1.54) is 30.5 Å². The van der Waals surface area contributed by atoms with Gasteiger partial charge in [0.1, 0.15) is 23.3 Å². The van der Waals surface area contributed by atoms with Gasteiger partial charge in [0, 0.05) is 77.8 Å². The Labute approximate surface area is 305 Å². The molecule has 52 heavy (non-hydrogen) atoms.